The van der Waals surface area contributed by atoms with E-state index >= 15 is 0 Å². The second kappa shape index (κ2) is 23.3. The SMILES string of the molecule is CCCCCCCCC=CCCCCCCCCCCCC(=O)N(C)CCOC(=O)c1ccccc1. The zero-order valence-electron chi connectivity index (χ0n) is 23.4. The van der Waals surface area contributed by atoms with Crippen molar-refractivity contribution in [2.45, 2.75) is 122 Å². The highest BCUT2D eigenvalue weighted by Gasteiger charge is 2.10. The van der Waals surface area contributed by atoms with Crippen molar-refractivity contribution >= 4 is 11.9 Å². The number of nitrogens with zero attached hydrogens (tertiary/aromatic N) is 1. The quantitative estimate of drug-likeness (QED) is 0.0857. The Morgan fingerprint density at radius 3 is 1.78 bits per heavy atom. The van der Waals surface area contributed by atoms with E-state index in [1.165, 1.54) is 96.3 Å². The molecule has 1 rings (SSSR count). The topological polar surface area (TPSA) is 46.6 Å². The van der Waals surface area contributed by atoms with Gasteiger partial charge in [-0.25, -0.2) is 4.79 Å². The fourth-order valence-corrected chi connectivity index (χ4v) is 4.30. The fourth-order valence-electron chi connectivity index (χ4n) is 4.30. The summed E-state index contributed by atoms with van der Waals surface area (Å²) in [6.45, 7) is 2.94. The molecule has 4 nitrogen and oxygen atoms in total. The summed E-state index contributed by atoms with van der Waals surface area (Å²) in [5.41, 5.74) is 0.540. The number of carbonyl (C=O) groups is 2. The van der Waals surface area contributed by atoms with Crippen molar-refractivity contribution in [1.29, 1.82) is 0 Å². The van der Waals surface area contributed by atoms with Crippen molar-refractivity contribution in [1.82, 2.24) is 4.90 Å². The highest BCUT2D eigenvalue weighted by molar-refractivity contribution is 5.89. The van der Waals surface area contributed by atoms with Gasteiger partial charge in [-0.1, -0.05) is 114 Å². The molecule has 0 bridgehead atoms. The monoisotopic (exact) mass is 499 g/mol. The minimum Gasteiger partial charge on any atom is -0.460 e. The van der Waals surface area contributed by atoms with E-state index in [-0.39, 0.29) is 18.5 Å². The Morgan fingerprint density at radius 1 is 0.722 bits per heavy atom. The number of likely N-dealkylation sites (N-methyl/N-ethyl adjacent to an activating group) is 1. The van der Waals surface area contributed by atoms with Crippen LogP contribution in [0.25, 0.3) is 0 Å². The highest BCUT2D eigenvalue weighted by atomic mass is 16.5. The van der Waals surface area contributed by atoms with Crippen molar-refractivity contribution in [3.05, 3.63) is 48.0 Å². The summed E-state index contributed by atoms with van der Waals surface area (Å²) in [5, 5.41) is 0. The normalized spacial score (nSPS) is 11.2. The highest BCUT2D eigenvalue weighted by Crippen LogP contribution is 2.13. The third-order valence-electron chi connectivity index (χ3n) is 6.75. The van der Waals surface area contributed by atoms with Crippen molar-refractivity contribution in [2.75, 3.05) is 20.2 Å². The maximum absolute atomic E-state index is 12.3. The van der Waals surface area contributed by atoms with E-state index in [1.54, 1.807) is 24.1 Å². The first-order valence-electron chi connectivity index (χ1n) is 14.8. The lowest BCUT2D eigenvalue weighted by Crippen LogP contribution is -2.30. The van der Waals surface area contributed by atoms with Crippen molar-refractivity contribution in [3.63, 3.8) is 0 Å². The molecule has 1 amide bonds. The Kier molecular flexibility index (Phi) is 20.7. The average Bonchev–Trinajstić information content (AvgIpc) is 2.90. The molecule has 1 aromatic carbocycles. The van der Waals surface area contributed by atoms with Gasteiger partial charge in [-0.15, -0.1) is 0 Å². The van der Waals surface area contributed by atoms with E-state index in [2.05, 4.69) is 19.1 Å². The van der Waals surface area contributed by atoms with Crippen LogP contribution in [0.5, 0.6) is 0 Å². The maximum atomic E-state index is 12.3. The third kappa shape index (κ3) is 18.2. The van der Waals surface area contributed by atoms with Gasteiger partial charge in [-0.05, 0) is 44.2 Å². The van der Waals surface area contributed by atoms with Gasteiger partial charge < -0.3 is 9.64 Å². The van der Waals surface area contributed by atoms with Gasteiger partial charge in [0, 0.05) is 13.5 Å². The van der Waals surface area contributed by atoms with Crippen molar-refractivity contribution in [3.8, 4) is 0 Å². The summed E-state index contributed by atoms with van der Waals surface area (Å²) in [5.74, 6) is -0.209. The number of hydrogen-bond donors (Lipinski definition) is 0. The molecule has 0 aliphatic heterocycles. The van der Waals surface area contributed by atoms with Gasteiger partial charge in [0.15, 0.2) is 0 Å². The molecule has 0 atom stereocenters. The second-order valence-corrected chi connectivity index (χ2v) is 10.1. The fraction of sp³-hybridized carbons (Fsp3) is 0.688. The largest absolute Gasteiger partial charge is 0.460 e. The maximum Gasteiger partial charge on any atom is 0.338 e. The number of rotatable bonds is 23. The molecule has 0 saturated heterocycles. The van der Waals surface area contributed by atoms with Gasteiger partial charge in [-0.3, -0.25) is 4.79 Å². The van der Waals surface area contributed by atoms with Crippen LogP contribution < -0.4 is 0 Å². The molecule has 0 N–H and O–H groups in total. The number of esters is 1. The molecule has 0 radical (unpaired) electrons. The van der Waals surface area contributed by atoms with E-state index in [1.807, 2.05) is 18.2 Å². The Morgan fingerprint density at radius 2 is 1.22 bits per heavy atom. The van der Waals surface area contributed by atoms with Crippen LogP contribution in [0.4, 0.5) is 0 Å². The first kappa shape index (κ1) is 31.9. The standard InChI is InChI=1S/C32H53NO3/c1-3-4-5-6-7-8-9-10-11-12-13-14-15-16-17-18-19-20-24-27-31(34)33(2)28-29-36-32(35)30-25-22-21-23-26-30/h10-11,21-23,25-26H,3-9,12-20,24,27-29H2,1-2H3. The average molecular weight is 500 g/mol. The van der Waals surface area contributed by atoms with Crippen LogP contribution in [-0.4, -0.2) is 37.0 Å². The molecule has 0 aliphatic rings. The summed E-state index contributed by atoms with van der Waals surface area (Å²) in [4.78, 5) is 25.8. The zero-order valence-corrected chi connectivity index (χ0v) is 23.4. The number of carbonyl (C=O) groups excluding carboxylic acids is 2. The van der Waals surface area contributed by atoms with E-state index in [0.29, 0.717) is 18.5 Å². The van der Waals surface area contributed by atoms with Crippen LogP contribution in [0.2, 0.25) is 0 Å². The minimum atomic E-state index is -0.341. The van der Waals surface area contributed by atoms with E-state index in [0.717, 1.165) is 12.8 Å². The molecule has 4 heteroatoms. The molecule has 1 aromatic rings. The number of ether oxygens (including phenoxy) is 1. The van der Waals surface area contributed by atoms with Crippen molar-refractivity contribution < 1.29 is 14.3 Å². The first-order valence-corrected chi connectivity index (χ1v) is 14.8. The van der Waals surface area contributed by atoms with Crippen LogP contribution >= 0.6 is 0 Å². The van der Waals surface area contributed by atoms with E-state index < -0.39 is 0 Å². The Bertz CT molecular complexity index is 686. The zero-order chi connectivity index (χ0) is 26.1. The van der Waals surface area contributed by atoms with E-state index in [9.17, 15) is 9.59 Å². The van der Waals surface area contributed by atoms with Crippen LogP contribution in [0.3, 0.4) is 0 Å². The summed E-state index contributed by atoms with van der Waals surface area (Å²) >= 11 is 0. The summed E-state index contributed by atoms with van der Waals surface area (Å²) in [7, 11) is 1.78. The Labute approximate surface area is 221 Å². The molecular weight excluding hydrogens is 446 g/mol. The van der Waals surface area contributed by atoms with Gasteiger partial charge in [0.2, 0.25) is 5.91 Å². The number of hydrogen-bond acceptors (Lipinski definition) is 3. The second-order valence-electron chi connectivity index (χ2n) is 10.1. The summed E-state index contributed by atoms with van der Waals surface area (Å²) < 4.78 is 5.26. The van der Waals surface area contributed by atoms with Crippen LogP contribution in [0.1, 0.15) is 133 Å². The molecule has 0 aliphatic carbocycles. The Hall–Kier alpha value is -2.10. The van der Waals surface area contributed by atoms with Crippen LogP contribution in [0.15, 0.2) is 42.5 Å². The molecule has 0 fully saturated rings. The van der Waals surface area contributed by atoms with Gasteiger partial charge in [0.25, 0.3) is 0 Å². The lowest BCUT2D eigenvalue weighted by Gasteiger charge is -2.17. The van der Waals surface area contributed by atoms with Crippen LogP contribution in [0, 0.1) is 0 Å². The summed E-state index contributed by atoms with van der Waals surface area (Å²) in [6, 6.07) is 8.94. The molecule has 0 heterocycles. The lowest BCUT2D eigenvalue weighted by atomic mass is 10.1. The number of amides is 1. The van der Waals surface area contributed by atoms with Crippen molar-refractivity contribution in [2.24, 2.45) is 0 Å². The summed E-state index contributed by atoms with van der Waals surface area (Å²) in [6.07, 6.45) is 27.4. The van der Waals surface area contributed by atoms with Gasteiger partial charge in [0.1, 0.15) is 6.61 Å². The minimum absolute atomic E-state index is 0.131. The first-order chi connectivity index (χ1) is 17.6. The molecule has 0 saturated carbocycles. The number of benzene rings is 1. The number of allylic oxidation sites excluding steroid dienone is 2. The smallest absolute Gasteiger partial charge is 0.338 e. The molecule has 0 aromatic heterocycles. The van der Waals surface area contributed by atoms with Gasteiger partial charge in [0.05, 0.1) is 12.1 Å². The van der Waals surface area contributed by atoms with Gasteiger partial charge in [-0.2, -0.15) is 0 Å². The molecule has 0 unspecified atom stereocenters. The lowest BCUT2D eigenvalue weighted by molar-refractivity contribution is -0.130. The third-order valence-corrected chi connectivity index (χ3v) is 6.75. The molecular formula is C32H53NO3. The Balaban J connectivity index is 1.84. The van der Waals surface area contributed by atoms with Gasteiger partial charge >= 0.3 is 5.97 Å². The molecule has 0 spiro atoms. The predicted molar refractivity (Wildman–Crippen MR) is 152 cm³/mol. The number of unbranched alkanes of at least 4 members (excludes halogenated alkanes) is 15. The van der Waals surface area contributed by atoms with Crippen LogP contribution in [-0.2, 0) is 9.53 Å². The molecule has 204 valence electrons. The van der Waals surface area contributed by atoms with E-state index in [4.69, 9.17) is 4.74 Å². The predicted octanol–water partition coefficient (Wildman–Crippen LogP) is 8.90. The molecule has 36 heavy (non-hydrogen) atoms.